The third kappa shape index (κ3) is 6.28. The minimum absolute atomic E-state index is 0.248. The Morgan fingerprint density at radius 3 is 2.24 bits per heavy atom. The minimum Gasteiger partial charge on any atom is -0.270 e. The van der Waals surface area contributed by atoms with Crippen molar-refractivity contribution < 1.29 is 25.8 Å². The zero-order chi connectivity index (χ0) is 12.9. The van der Waals surface area contributed by atoms with Crippen LogP contribution in [0.15, 0.2) is 30.3 Å². The Bertz CT molecular complexity index is 440. The minimum atomic E-state index is -4.77. The summed E-state index contributed by atoms with van der Waals surface area (Å²) in [5, 5.41) is 0. The molecule has 17 heavy (non-hydrogen) atoms. The highest BCUT2D eigenvalue weighted by atomic mass is 32.2. The molecule has 0 spiro atoms. The van der Waals surface area contributed by atoms with Crippen molar-refractivity contribution in [2.45, 2.75) is 12.6 Å². The van der Waals surface area contributed by atoms with Crippen LogP contribution in [0.1, 0.15) is 5.56 Å². The van der Waals surface area contributed by atoms with Crippen LogP contribution in [-0.4, -0.2) is 27.0 Å². The Balaban J connectivity index is 2.41. The second kappa shape index (κ2) is 5.50. The molecule has 0 radical (unpaired) electrons. The molecule has 1 aromatic rings. The molecule has 0 N–H and O–H groups in total. The first kappa shape index (κ1) is 14.0. The molecule has 0 aliphatic carbocycles. The molecule has 1 aromatic carbocycles. The molecule has 3 nitrogen and oxygen atoms in total. The van der Waals surface area contributed by atoms with Gasteiger partial charge in [-0.2, -0.15) is 21.6 Å². The first-order valence-corrected chi connectivity index (χ1v) is 6.34. The highest BCUT2D eigenvalue weighted by Crippen LogP contribution is 2.18. The van der Waals surface area contributed by atoms with Crippen molar-refractivity contribution in [3.8, 4) is 0 Å². The summed E-state index contributed by atoms with van der Waals surface area (Å²) in [6.07, 6.45) is -4.52. The molecule has 0 fully saturated rings. The van der Waals surface area contributed by atoms with E-state index in [0.29, 0.717) is 0 Å². The summed E-state index contributed by atoms with van der Waals surface area (Å²) >= 11 is 0. The average molecular weight is 268 g/mol. The van der Waals surface area contributed by atoms with Crippen molar-refractivity contribution in [2.75, 3.05) is 12.4 Å². The molecule has 0 bridgehead atoms. The van der Waals surface area contributed by atoms with Crippen molar-refractivity contribution in [1.29, 1.82) is 0 Å². The monoisotopic (exact) mass is 268 g/mol. The van der Waals surface area contributed by atoms with Crippen molar-refractivity contribution in [1.82, 2.24) is 0 Å². The number of hydrogen-bond acceptors (Lipinski definition) is 3. The predicted molar refractivity (Wildman–Crippen MR) is 55.9 cm³/mol. The number of halogens is 3. The van der Waals surface area contributed by atoms with Gasteiger partial charge in [-0.3, -0.25) is 4.18 Å². The predicted octanol–water partition coefficient (Wildman–Crippen LogP) is 2.14. The Labute approximate surface area is 97.3 Å². The molecule has 0 aliphatic heterocycles. The lowest BCUT2D eigenvalue weighted by atomic mass is 10.2. The van der Waals surface area contributed by atoms with Crippen LogP contribution in [0.2, 0.25) is 0 Å². The SMILES string of the molecule is O=S(=O)(CC(F)(F)F)OCCc1ccccc1. The lowest BCUT2D eigenvalue weighted by Crippen LogP contribution is -2.25. The number of alkyl halides is 3. The van der Waals surface area contributed by atoms with E-state index < -0.39 is 22.0 Å². The topological polar surface area (TPSA) is 43.4 Å². The fraction of sp³-hybridized carbons (Fsp3) is 0.400. The fourth-order valence-electron chi connectivity index (χ4n) is 1.17. The third-order valence-electron chi connectivity index (χ3n) is 1.84. The Morgan fingerprint density at radius 1 is 1.12 bits per heavy atom. The van der Waals surface area contributed by atoms with Crippen LogP contribution in [0, 0.1) is 0 Å². The molecule has 0 aromatic heterocycles. The van der Waals surface area contributed by atoms with Gasteiger partial charge in [-0.25, -0.2) is 0 Å². The molecule has 0 unspecified atom stereocenters. The zero-order valence-corrected chi connectivity index (χ0v) is 9.59. The molecule has 1 rings (SSSR count). The quantitative estimate of drug-likeness (QED) is 0.768. The standard InChI is InChI=1S/C10H11F3O3S/c11-10(12,13)8-17(14,15)16-7-6-9-4-2-1-3-5-9/h1-5H,6-8H2. The summed E-state index contributed by atoms with van der Waals surface area (Å²) in [7, 11) is -4.53. The molecule has 96 valence electrons. The van der Waals surface area contributed by atoms with E-state index in [2.05, 4.69) is 4.18 Å². The summed E-state index contributed by atoms with van der Waals surface area (Å²) in [5.41, 5.74) is 0.801. The summed E-state index contributed by atoms with van der Waals surface area (Å²) in [6.45, 7) is -0.289. The Kier molecular flexibility index (Phi) is 4.53. The molecule has 0 heterocycles. The summed E-state index contributed by atoms with van der Waals surface area (Å²) in [5.74, 6) is -1.95. The van der Waals surface area contributed by atoms with E-state index >= 15 is 0 Å². The highest BCUT2D eigenvalue weighted by Gasteiger charge is 2.35. The Hall–Kier alpha value is -1.08. The van der Waals surface area contributed by atoms with Gasteiger partial charge in [-0.1, -0.05) is 30.3 Å². The smallest absolute Gasteiger partial charge is 0.270 e. The first-order chi connectivity index (χ1) is 7.79. The molecule has 0 atom stereocenters. The molecular weight excluding hydrogens is 257 g/mol. The van der Waals surface area contributed by atoms with E-state index in [1.807, 2.05) is 0 Å². The first-order valence-electron chi connectivity index (χ1n) is 4.76. The summed E-state index contributed by atoms with van der Waals surface area (Å²) in [4.78, 5) is 0. The van der Waals surface area contributed by atoms with Gasteiger partial charge in [0.15, 0.2) is 5.75 Å². The second-order valence-corrected chi connectivity index (χ2v) is 5.01. The van der Waals surface area contributed by atoms with Gasteiger partial charge in [-0.15, -0.1) is 0 Å². The molecular formula is C10H11F3O3S. The van der Waals surface area contributed by atoms with Gasteiger partial charge in [-0.05, 0) is 12.0 Å². The number of hydrogen-bond donors (Lipinski definition) is 0. The third-order valence-corrected chi connectivity index (χ3v) is 3.04. The van der Waals surface area contributed by atoms with Gasteiger partial charge in [0.2, 0.25) is 0 Å². The van der Waals surface area contributed by atoms with E-state index in [4.69, 9.17) is 0 Å². The maximum absolute atomic E-state index is 11.8. The normalized spacial score (nSPS) is 12.6. The van der Waals surface area contributed by atoms with Crippen molar-refractivity contribution in [3.63, 3.8) is 0 Å². The van der Waals surface area contributed by atoms with Gasteiger partial charge in [0.05, 0.1) is 6.61 Å². The van der Waals surface area contributed by atoms with Gasteiger partial charge in [0.25, 0.3) is 10.1 Å². The second-order valence-electron chi connectivity index (χ2n) is 3.37. The number of rotatable bonds is 5. The van der Waals surface area contributed by atoms with E-state index in [0.717, 1.165) is 5.56 Å². The Morgan fingerprint density at radius 2 is 1.71 bits per heavy atom. The molecule has 0 amide bonds. The summed E-state index contributed by atoms with van der Waals surface area (Å²) < 4.78 is 61.6. The van der Waals surface area contributed by atoms with E-state index in [9.17, 15) is 21.6 Å². The lowest BCUT2D eigenvalue weighted by Gasteiger charge is -2.08. The largest absolute Gasteiger partial charge is 0.405 e. The highest BCUT2D eigenvalue weighted by molar-refractivity contribution is 7.86. The van der Waals surface area contributed by atoms with Crippen LogP contribution < -0.4 is 0 Å². The lowest BCUT2D eigenvalue weighted by molar-refractivity contribution is -0.107. The van der Waals surface area contributed by atoms with Crippen LogP contribution >= 0.6 is 0 Å². The van der Waals surface area contributed by atoms with Gasteiger partial charge >= 0.3 is 6.18 Å². The van der Waals surface area contributed by atoms with Crippen LogP contribution in [0.5, 0.6) is 0 Å². The van der Waals surface area contributed by atoms with Crippen molar-refractivity contribution >= 4 is 10.1 Å². The van der Waals surface area contributed by atoms with Crippen molar-refractivity contribution in [3.05, 3.63) is 35.9 Å². The van der Waals surface area contributed by atoms with Crippen LogP contribution in [0.3, 0.4) is 0 Å². The van der Waals surface area contributed by atoms with E-state index in [1.54, 1.807) is 30.3 Å². The maximum atomic E-state index is 11.8. The van der Waals surface area contributed by atoms with Crippen LogP contribution in [-0.2, 0) is 20.7 Å². The van der Waals surface area contributed by atoms with Gasteiger partial charge in [0.1, 0.15) is 0 Å². The van der Waals surface area contributed by atoms with E-state index in [-0.39, 0.29) is 13.0 Å². The summed E-state index contributed by atoms with van der Waals surface area (Å²) in [6, 6.07) is 8.75. The van der Waals surface area contributed by atoms with Crippen LogP contribution in [0.25, 0.3) is 0 Å². The maximum Gasteiger partial charge on any atom is 0.405 e. The van der Waals surface area contributed by atoms with Gasteiger partial charge < -0.3 is 0 Å². The van der Waals surface area contributed by atoms with Crippen LogP contribution in [0.4, 0.5) is 13.2 Å². The molecule has 0 saturated heterocycles. The molecule has 0 aliphatic rings. The molecule has 0 saturated carbocycles. The zero-order valence-electron chi connectivity index (χ0n) is 8.77. The average Bonchev–Trinajstić information content (AvgIpc) is 2.15. The molecule has 7 heteroatoms. The number of benzene rings is 1. The van der Waals surface area contributed by atoms with Gasteiger partial charge in [0, 0.05) is 0 Å². The fourth-order valence-corrected chi connectivity index (χ4v) is 1.99. The van der Waals surface area contributed by atoms with E-state index in [1.165, 1.54) is 0 Å². The van der Waals surface area contributed by atoms with Crippen molar-refractivity contribution in [2.24, 2.45) is 0 Å².